The zero-order valence-electron chi connectivity index (χ0n) is 15.7. The minimum Gasteiger partial charge on any atom is -0.496 e. The molecular formula is C18H25N3O4S. The van der Waals surface area contributed by atoms with Crippen LogP contribution < -0.4 is 4.74 Å². The number of aromatic nitrogens is 1. The number of aryl methyl sites for hydroxylation is 3. The summed E-state index contributed by atoms with van der Waals surface area (Å²) in [5.41, 5.74) is 2.71. The third kappa shape index (κ3) is 3.62. The van der Waals surface area contributed by atoms with Gasteiger partial charge in [0.25, 0.3) is 0 Å². The summed E-state index contributed by atoms with van der Waals surface area (Å²) in [5.74, 6) is 1.20. The summed E-state index contributed by atoms with van der Waals surface area (Å²) in [6.45, 7) is 8.30. The summed E-state index contributed by atoms with van der Waals surface area (Å²) in [6, 6.07) is 6.12. The van der Waals surface area contributed by atoms with E-state index in [1.807, 2.05) is 12.1 Å². The van der Waals surface area contributed by atoms with Gasteiger partial charge >= 0.3 is 0 Å². The first-order valence-corrected chi connectivity index (χ1v) is 10.1. The predicted octanol–water partition coefficient (Wildman–Crippen LogP) is 2.11. The van der Waals surface area contributed by atoms with Crippen LogP contribution in [0.1, 0.15) is 22.6 Å². The van der Waals surface area contributed by atoms with Gasteiger partial charge in [-0.1, -0.05) is 22.9 Å². The molecule has 1 fully saturated rings. The number of hydrogen-bond acceptors (Lipinski definition) is 6. The van der Waals surface area contributed by atoms with Gasteiger partial charge in [-0.3, -0.25) is 4.90 Å². The molecule has 26 heavy (non-hydrogen) atoms. The molecule has 0 amide bonds. The van der Waals surface area contributed by atoms with Crippen LogP contribution in [0.15, 0.2) is 27.6 Å². The van der Waals surface area contributed by atoms with Crippen molar-refractivity contribution >= 4 is 10.0 Å². The lowest BCUT2D eigenvalue weighted by Crippen LogP contribution is -2.48. The van der Waals surface area contributed by atoms with E-state index in [0.717, 1.165) is 17.9 Å². The van der Waals surface area contributed by atoms with Crippen molar-refractivity contribution in [3.05, 3.63) is 40.8 Å². The molecule has 0 saturated carbocycles. The molecule has 7 nitrogen and oxygen atoms in total. The lowest BCUT2D eigenvalue weighted by molar-refractivity contribution is 0.180. The second-order valence-electron chi connectivity index (χ2n) is 6.65. The fourth-order valence-electron chi connectivity index (χ4n) is 3.37. The maximum absolute atomic E-state index is 12.9. The Balaban J connectivity index is 1.69. The zero-order chi connectivity index (χ0) is 18.9. The van der Waals surface area contributed by atoms with E-state index in [-0.39, 0.29) is 4.90 Å². The second-order valence-corrected chi connectivity index (χ2v) is 8.52. The molecule has 1 aliphatic rings. The number of nitrogens with zero attached hydrogens (tertiary/aromatic N) is 3. The van der Waals surface area contributed by atoms with Gasteiger partial charge in [-0.2, -0.15) is 4.31 Å². The largest absolute Gasteiger partial charge is 0.496 e. The van der Waals surface area contributed by atoms with Gasteiger partial charge in [0.1, 0.15) is 16.3 Å². The molecule has 2 heterocycles. The van der Waals surface area contributed by atoms with Crippen LogP contribution in [0.4, 0.5) is 0 Å². The summed E-state index contributed by atoms with van der Waals surface area (Å²) < 4.78 is 37.8. The minimum atomic E-state index is -3.57. The maximum atomic E-state index is 12.9. The van der Waals surface area contributed by atoms with Crippen LogP contribution in [-0.4, -0.2) is 56.1 Å². The molecule has 1 aromatic heterocycles. The Morgan fingerprint density at radius 3 is 2.42 bits per heavy atom. The van der Waals surface area contributed by atoms with E-state index >= 15 is 0 Å². The van der Waals surface area contributed by atoms with Crippen molar-refractivity contribution in [2.24, 2.45) is 0 Å². The highest BCUT2D eigenvalue weighted by atomic mass is 32.2. The molecule has 1 saturated heterocycles. The Hall–Kier alpha value is -1.90. The van der Waals surface area contributed by atoms with Crippen LogP contribution in [0, 0.1) is 20.8 Å². The van der Waals surface area contributed by atoms with Crippen LogP contribution in [-0.2, 0) is 16.6 Å². The molecule has 0 aliphatic carbocycles. The van der Waals surface area contributed by atoms with E-state index in [1.165, 1.54) is 9.87 Å². The first-order chi connectivity index (χ1) is 12.3. The number of hydrogen-bond donors (Lipinski definition) is 0. The number of benzene rings is 1. The molecule has 2 aromatic rings. The average molecular weight is 379 g/mol. The van der Waals surface area contributed by atoms with Gasteiger partial charge in [-0.05, 0) is 26.8 Å². The molecule has 0 unspecified atom stereocenters. The Bertz CT molecular complexity index is 864. The van der Waals surface area contributed by atoms with Gasteiger partial charge in [0.15, 0.2) is 5.76 Å². The van der Waals surface area contributed by atoms with Crippen molar-refractivity contribution < 1.29 is 17.7 Å². The lowest BCUT2D eigenvalue weighted by Gasteiger charge is -2.34. The summed E-state index contributed by atoms with van der Waals surface area (Å²) >= 11 is 0. The topological polar surface area (TPSA) is 75.9 Å². The van der Waals surface area contributed by atoms with Gasteiger partial charge in [-0.25, -0.2) is 8.42 Å². The van der Waals surface area contributed by atoms with Crippen molar-refractivity contribution in [3.63, 3.8) is 0 Å². The highest BCUT2D eigenvalue weighted by Gasteiger charge is 2.33. The molecule has 0 atom stereocenters. The van der Waals surface area contributed by atoms with Crippen molar-refractivity contribution in [2.75, 3.05) is 33.3 Å². The Morgan fingerprint density at radius 1 is 1.15 bits per heavy atom. The number of rotatable bonds is 5. The molecule has 1 aliphatic heterocycles. The van der Waals surface area contributed by atoms with E-state index in [0.29, 0.717) is 37.6 Å². The van der Waals surface area contributed by atoms with Crippen molar-refractivity contribution in [2.45, 2.75) is 32.2 Å². The number of piperazine rings is 1. The van der Waals surface area contributed by atoms with Gasteiger partial charge in [-0.15, -0.1) is 0 Å². The van der Waals surface area contributed by atoms with Gasteiger partial charge in [0.2, 0.25) is 10.0 Å². The molecule has 0 radical (unpaired) electrons. The minimum absolute atomic E-state index is 0.200. The summed E-state index contributed by atoms with van der Waals surface area (Å²) in [6.07, 6.45) is 0. The monoisotopic (exact) mass is 379 g/mol. The average Bonchev–Trinajstić information content (AvgIpc) is 2.95. The summed E-state index contributed by atoms with van der Waals surface area (Å²) in [7, 11) is -1.90. The Kier molecular flexibility index (Phi) is 5.36. The fraction of sp³-hybridized carbons (Fsp3) is 0.500. The normalized spacial score (nSPS) is 16.8. The van der Waals surface area contributed by atoms with Crippen molar-refractivity contribution in [3.8, 4) is 5.75 Å². The molecule has 0 spiro atoms. The van der Waals surface area contributed by atoms with Crippen molar-refractivity contribution in [1.82, 2.24) is 14.4 Å². The van der Waals surface area contributed by atoms with Crippen LogP contribution in [0.5, 0.6) is 5.75 Å². The molecule has 142 valence electrons. The highest BCUT2D eigenvalue weighted by molar-refractivity contribution is 7.89. The lowest BCUT2D eigenvalue weighted by atomic mass is 10.1. The first-order valence-electron chi connectivity index (χ1n) is 8.62. The first kappa shape index (κ1) is 18.9. The van der Waals surface area contributed by atoms with E-state index < -0.39 is 10.0 Å². The van der Waals surface area contributed by atoms with Crippen LogP contribution in [0.3, 0.4) is 0 Å². The molecule has 8 heteroatoms. The Morgan fingerprint density at radius 2 is 1.85 bits per heavy atom. The standard InChI is InChI=1S/C18H25N3O4S/c1-13-5-6-17(24-4)16(11-13)12-20-7-9-21(10-8-20)26(22,23)18-14(2)19-25-15(18)3/h5-6,11H,7-10,12H2,1-4H3. The fourth-order valence-corrected chi connectivity index (χ4v) is 5.09. The van der Waals surface area contributed by atoms with Gasteiger partial charge in [0.05, 0.1) is 7.11 Å². The summed E-state index contributed by atoms with van der Waals surface area (Å²) in [5, 5.41) is 3.77. The third-order valence-corrected chi connectivity index (χ3v) is 6.87. The maximum Gasteiger partial charge on any atom is 0.248 e. The predicted molar refractivity (Wildman–Crippen MR) is 97.7 cm³/mol. The smallest absolute Gasteiger partial charge is 0.248 e. The molecule has 1 aromatic carbocycles. The van der Waals surface area contributed by atoms with E-state index in [4.69, 9.17) is 9.26 Å². The van der Waals surface area contributed by atoms with Crippen LogP contribution in [0.25, 0.3) is 0 Å². The van der Waals surface area contributed by atoms with E-state index in [1.54, 1.807) is 21.0 Å². The molecule has 0 N–H and O–H groups in total. The van der Waals surface area contributed by atoms with Crippen molar-refractivity contribution in [1.29, 1.82) is 0 Å². The van der Waals surface area contributed by atoms with Crippen LogP contribution >= 0.6 is 0 Å². The number of methoxy groups -OCH3 is 1. The van der Waals surface area contributed by atoms with E-state index in [9.17, 15) is 8.42 Å². The number of sulfonamides is 1. The highest BCUT2D eigenvalue weighted by Crippen LogP contribution is 2.26. The Labute approximate surface area is 154 Å². The third-order valence-electron chi connectivity index (χ3n) is 4.73. The second kappa shape index (κ2) is 7.38. The SMILES string of the molecule is COc1ccc(C)cc1CN1CCN(S(=O)(=O)c2c(C)noc2C)CC1. The number of ether oxygens (including phenoxy) is 1. The molecule has 3 rings (SSSR count). The van der Waals surface area contributed by atoms with E-state index in [2.05, 4.69) is 23.0 Å². The summed E-state index contributed by atoms with van der Waals surface area (Å²) in [4.78, 5) is 2.45. The zero-order valence-corrected chi connectivity index (χ0v) is 16.5. The molecular weight excluding hydrogens is 354 g/mol. The van der Waals surface area contributed by atoms with Gasteiger partial charge in [0, 0.05) is 38.3 Å². The van der Waals surface area contributed by atoms with Gasteiger partial charge < -0.3 is 9.26 Å². The molecule has 0 bridgehead atoms. The quantitative estimate of drug-likeness (QED) is 0.792. The van der Waals surface area contributed by atoms with Crippen LogP contribution in [0.2, 0.25) is 0 Å².